The molecule has 2 aliphatic rings. The molecule has 33 heavy (non-hydrogen) atoms. The molecule has 1 aromatic carbocycles. The molecule has 2 aromatic heterocycles. The van der Waals surface area contributed by atoms with Gasteiger partial charge in [0.15, 0.2) is 0 Å². The van der Waals surface area contributed by atoms with E-state index in [1.807, 2.05) is 36.5 Å². The predicted molar refractivity (Wildman–Crippen MR) is 131 cm³/mol. The molecule has 0 spiro atoms. The highest BCUT2D eigenvalue weighted by Gasteiger charge is 2.22. The van der Waals surface area contributed by atoms with E-state index < -0.39 is 0 Å². The lowest BCUT2D eigenvalue weighted by Crippen LogP contribution is -2.45. The Kier molecular flexibility index (Phi) is 6.60. The number of fused-ring (bicyclic) bond motifs is 1. The van der Waals surface area contributed by atoms with E-state index in [0.717, 1.165) is 75.4 Å². The fraction of sp³-hybridized carbons (Fsp3) is 0.346. The second-order valence-corrected chi connectivity index (χ2v) is 8.68. The first-order valence-corrected chi connectivity index (χ1v) is 11.5. The van der Waals surface area contributed by atoms with Gasteiger partial charge in [0.25, 0.3) is 0 Å². The minimum Gasteiger partial charge on any atom is -0.492 e. The van der Waals surface area contributed by atoms with Gasteiger partial charge in [-0.25, -0.2) is 9.97 Å². The molecule has 170 valence electrons. The van der Waals surface area contributed by atoms with Crippen LogP contribution in [0, 0.1) is 0 Å². The molecule has 2 aliphatic heterocycles. The molecule has 7 nitrogen and oxygen atoms in total. The first-order valence-electron chi connectivity index (χ1n) is 11.5. The number of ether oxygens (including phenoxy) is 1. The number of aromatic nitrogens is 3. The van der Waals surface area contributed by atoms with Crippen molar-refractivity contribution in [2.75, 3.05) is 51.3 Å². The predicted octanol–water partition coefficient (Wildman–Crippen LogP) is 3.19. The van der Waals surface area contributed by atoms with Crippen molar-refractivity contribution >= 4 is 18.1 Å². The van der Waals surface area contributed by atoms with Crippen molar-refractivity contribution in [2.24, 2.45) is 0 Å². The standard InChI is InChI=1S/C26H30N6O/c1-30-12-14-31(15-13-30)16-17-33-25-5-3-22-19-32(20-23(22)18-25)26-28-11-8-24(29-26)4-2-21-6-9-27-10-7-21/h2-11,18H,12-17,19-20H2,1H3/b4-2+. The van der Waals surface area contributed by atoms with Gasteiger partial charge < -0.3 is 14.5 Å². The molecular formula is C26H30N6O. The number of rotatable bonds is 7. The number of benzene rings is 1. The number of hydrogen-bond acceptors (Lipinski definition) is 7. The largest absolute Gasteiger partial charge is 0.492 e. The lowest BCUT2D eigenvalue weighted by atomic mass is 10.1. The third-order valence-electron chi connectivity index (χ3n) is 6.27. The first kappa shape index (κ1) is 21.6. The molecule has 0 atom stereocenters. The summed E-state index contributed by atoms with van der Waals surface area (Å²) in [6.45, 7) is 7.82. The molecule has 0 N–H and O–H groups in total. The summed E-state index contributed by atoms with van der Waals surface area (Å²) in [7, 11) is 2.18. The Balaban J connectivity index is 1.18. The third kappa shape index (κ3) is 5.56. The SMILES string of the molecule is CN1CCN(CCOc2ccc3c(c2)CN(c2nccc(/C=C/c4ccncc4)n2)C3)CC1. The first-order chi connectivity index (χ1) is 16.2. The Labute approximate surface area is 195 Å². The van der Waals surface area contributed by atoms with Gasteiger partial charge in [-0.15, -0.1) is 0 Å². The van der Waals surface area contributed by atoms with Gasteiger partial charge in [0.2, 0.25) is 5.95 Å². The normalized spacial score (nSPS) is 16.9. The molecule has 1 saturated heterocycles. The average molecular weight is 443 g/mol. The lowest BCUT2D eigenvalue weighted by molar-refractivity contribution is 0.133. The summed E-state index contributed by atoms with van der Waals surface area (Å²) in [6.07, 6.45) is 9.45. The summed E-state index contributed by atoms with van der Waals surface area (Å²) < 4.78 is 6.08. The highest BCUT2D eigenvalue weighted by Crippen LogP contribution is 2.29. The minimum atomic E-state index is 0.723. The monoisotopic (exact) mass is 442 g/mol. The van der Waals surface area contributed by atoms with Crippen molar-refractivity contribution in [3.63, 3.8) is 0 Å². The Hall–Kier alpha value is -3.29. The summed E-state index contributed by atoms with van der Waals surface area (Å²) in [5, 5.41) is 0. The number of piperazine rings is 1. The van der Waals surface area contributed by atoms with Crippen LogP contribution in [-0.2, 0) is 13.1 Å². The van der Waals surface area contributed by atoms with Crippen LogP contribution in [0.2, 0.25) is 0 Å². The molecule has 1 fully saturated rings. The van der Waals surface area contributed by atoms with Crippen LogP contribution in [0.1, 0.15) is 22.4 Å². The third-order valence-corrected chi connectivity index (χ3v) is 6.27. The molecule has 0 unspecified atom stereocenters. The molecule has 0 saturated carbocycles. The van der Waals surface area contributed by atoms with E-state index in [4.69, 9.17) is 9.72 Å². The van der Waals surface area contributed by atoms with Crippen LogP contribution in [-0.4, -0.2) is 71.1 Å². The zero-order valence-electron chi connectivity index (χ0n) is 19.1. The van der Waals surface area contributed by atoms with E-state index in [0.29, 0.717) is 0 Å². The maximum Gasteiger partial charge on any atom is 0.226 e. The van der Waals surface area contributed by atoms with E-state index in [9.17, 15) is 0 Å². The van der Waals surface area contributed by atoms with Gasteiger partial charge >= 0.3 is 0 Å². The van der Waals surface area contributed by atoms with Gasteiger partial charge in [-0.05, 0) is 60.1 Å². The molecule has 4 heterocycles. The van der Waals surface area contributed by atoms with Crippen LogP contribution >= 0.6 is 0 Å². The van der Waals surface area contributed by atoms with E-state index in [1.54, 1.807) is 12.4 Å². The van der Waals surface area contributed by atoms with Crippen LogP contribution in [0.15, 0.2) is 55.0 Å². The Morgan fingerprint density at radius 3 is 2.58 bits per heavy atom. The average Bonchev–Trinajstić information content (AvgIpc) is 3.28. The van der Waals surface area contributed by atoms with Crippen LogP contribution in [0.4, 0.5) is 5.95 Å². The van der Waals surface area contributed by atoms with Gasteiger partial charge in [0.1, 0.15) is 12.4 Å². The zero-order chi connectivity index (χ0) is 22.5. The summed E-state index contributed by atoms with van der Waals surface area (Å²) in [4.78, 5) is 20.4. The van der Waals surface area contributed by atoms with E-state index in [1.165, 1.54) is 11.1 Å². The lowest BCUT2D eigenvalue weighted by Gasteiger charge is -2.32. The highest BCUT2D eigenvalue weighted by molar-refractivity contribution is 5.68. The van der Waals surface area contributed by atoms with E-state index in [-0.39, 0.29) is 0 Å². The second-order valence-electron chi connectivity index (χ2n) is 8.68. The smallest absolute Gasteiger partial charge is 0.226 e. The van der Waals surface area contributed by atoms with Gasteiger partial charge in [-0.2, -0.15) is 0 Å². The summed E-state index contributed by atoms with van der Waals surface area (Å²) >= 11 is 0. The van der Waals surface area contributed by atoms with Crippen molar-refractivity contribution in [3.8, 4) is 5.75 Å². The van der Waals surface area contributed by atoms with E-state index >= 15 is 0 Å². The topological polar surface area (TPSA) is 57.6 Å². The maximum atomic E-state index is 6.08. The summed E-state index contributed by atoms with van der Waals surface area (Å²) in [6, 6.07) is 12.3. The molecule has 0 bridgehead atoms. The van der Waals surface area contributed by atoms with Crippen LogP contribution < -0.4 is 9.64 Å². The fourth-order valence-corrected chi connectivity index (χ4v) is 4.23. The second kappa shape index (κ2) is 10.1. The quantitative estimate of drug-likeness (QED) is 0.557. The molecule has 0 radical (unpaired) electrons. The maximum absolute atomic E-state index is 6.08. The summed E-state index contributed by atoms with van der Waals surface area (Å²) in [5.41, 5.74) is 4.58. The number of hydrogen-bond donors (Lipinski definition) is 0. The zero-order valence-corrected chi connectivity index (χ0v) is 19.1. The highest BCUT2D eigenvalue weighted by atomic mass is 16.5. The number of pyridine rings is 1. The van der Waals surface area contributed by atoms with Crippen molar-refractivity contribution < 1.29 is 4.74 Å². The Morgan fingerprint density at radius 1 is 0.909 bits per heavy atom. The fourth-order valence-electron chi connectivity index (χ4n) is 4.23. The molecule has 3 aromatic rings. The Bertz CT molecular complexity index is 1090. The van der Waals surface area contributed by atoms with Gasteiger partial charge in [-0.1, -0.05) is 12.1 Å². The number of likely N-dealkylation sites (N-methyl/N-ethyl adjacent to an activating group) is 1. The minimum absolute atomic E-state index is 0.723. The molecule has 0 amide bonds. The van der Waals surface area contributed by atoms with Crippen LogP contribution in [0.25, 0.3) is 12.2 Å². The molecular weight excluding hydrogens is 412 g/mol. The summed E-state index contributed by atoms with van der Waals surface area (Å²) in [5.74, 6) is 1.69. The molecule has 7 heteroatoms. The number of nitrogens with zero attached hydrogens (tertiary/aromatic N) is 6. The molecule has 0 aliphatic carbocycles. The number of anilines is 1. The van der Waals surface area contributed by atoms with Crippen molar-refractivity contribution in [2.45, 2.75) is 13.1 Å². The van der Waals surface area contributed by atoms with Gasteiger partial charge in [0, 0.05) is 64.4 Å². The van der Waals surface area contributed by atoms with Gasteiger partial charge in [0.05, 0.1) is 5.69 Å². The Morgan fingerprint density at radius 2 is 1.73 bits per heavy atom. The van der Waals surface area contributed by atoms with Crippen molar-refractivity contribution in [1.29, 1.82) is 0 Å². The van der Waals surface area contributed by atoms with Crippen LogP contribution in [0.3, 0.4) is 0 Å². The molecule has 5 rings (SSSR count). The van der Waals surface area contributed by atoms with Crippen molar-refractivity contribution in [1.82, 2.24) is 24.8 Å². The van der Waals surface area contributed by atoms with E-state index in [2.05, 4.69) is 49.9 Å². The van der Waals surface area contributed by atoms with Crippen LogP contribution in [0.5, 0.6) is 5.75 Å². The van der Waals surface area contributed by atoms with Crippen molar-refractivity contribution in [3.05, 3.63) is 77.4 Å². The van der Waals surface area contributed by atoms with Gasteiger partial charge in [-0.3, -0.25) is 9.88 Å².